The number of benzene rings is 1. The molecule has 2 aromatic heterocycles. The zero-order valence-corrected chi connectivity index (χ0v) is 18.0. The summed E-state index contributed by atoms with van der Waals surface area (Å²) in [5.41, 5.74) is 2.68. The van der Waals surface area contributed by atoms with Crippen LogP contribution in [0.15, 0.2) is 25.8 Å². The van der Waals surface area contributed by atoms with Crippen LogP contribution in [0.25, 0.3) is 21.9 Å². The van der Waals surface area contributed by atoms with Gasteiger partial charge in [0, 0.05) is 28.8 Å². The highest BCUT2D eigenvalue weighted by molar-refractivity contribution is 5.97. The first-order valence-corrected chi connectivity index (χ1v) is 10.8. The third kappa shape index (κ3) is 3.84. The maximum absolute atomic E-state index is 12.6. The van der Waals surface area contributed by atoms with E-state index in [1.54, 1.807) is 19.9 Å². The minimum Gasteiger partial charge on any atom is -0.480 e. The van der Waals surface area contributed by atoms with Crippen LogP contribution in [0, 0.1) is 12.8 Å². The Bertz CT molecular complexity index is 1230. The van der Waals surface area contributed by atoms with Crippen LogP contribution in [0.5, 0.6) is 0 Å². The molecule has 7 heteroatoms. The molecular formula is C24H27NO6. The van der Waals surface area contributed by atoms with Gasteiger partial charge in [-0.3, -0.25) is 4.79 Å². The Balaban J connectivity index is 1.71. The molecule has 0 saturated heterocycles. The van der Waals surface area contributed by atoms with E-state index in [4.69, 9.17) is 8.83 Å². The van der Waals surface area contributed by atoms with E-state index in [1.807, 2.05) is 13.0 Å². The van der Waals surface area contributed by atoms with Crippen LogP contribution in [0.1, 0.15) is 55.6 Å². The molecule has 164 valence electrons. The first kappa shape index (κ1) is 21.2. The number of aliphatic carboxylic acids is 1. The highest BCUT2D eigenvalue weighted by Gasteiger charge is 2.26. The molecule has 0 radical (unpaired) electrons. The van der Waals surface area contributed by atoms with Crippen molar-refractivity contribution in [2.24, 2.45) is 5.92 Å². The number of carboxylic acids is 1. The molecular weight excluding hydrogens is 398 g/mol. The highest BCUT2D eigenvalue weighted by Crippen LogP contribution is 2.35. The van der Waals surface area contributed by atoms with E-state index in [0.29, 0.717) is 23.2 Å². The van der Waals surface area contributed by atoms with Crippen LogP contribution in [0.2, 0.25) is 0 Å². The standard InChI is InChI=1S/C24H27NO6/c1-4-12(2)22(23(27)28)25-21(26)10-16-13(3)15-9-17-14-7-5-6-8-18(14)30-20(17)11-19(15)31-24(16)29/h9,11-12,22H,4-8,10H2,1-3H3,(H,25,26)(H,27,28). The second-order valence-corrected chi connectivity index (χ2v) is 8.49. The fourth-order valence-corrected chi connectivity index (χ4v) is 4.42. The molecule has 1 amide bonds. The lowest BCUT2D eigenvalue weighted by Gasteiger charge is -2.20. The SMILES string of the molecule is CCC(C)C(NC(=O)Cc1c(C)c2cc3c4c(oc3cc2oc1=O)CCCC4)C(=O)O. The Hall–Kier alpha value is -3.09. The molecule has 7 nitrogen and oxygen atoms in total. The average molecular weight is 425 g/mol. The minimum absolute atomic E-state index is 0.226. The van der Waals surface area contributed by atoms with Gasteiger partial charge >= 0.3 is 11.6 Å². The molecule has 0 spiro atoms. The van der Waals surface area contributed by atoms with Gasteiger partial charge in [0.15, 0.2) is 0 Å². The number of carbonyl (C=O) groups is 2. The lowest BCUT2D eigenvalue weighted by molar-refractivity contribution is -0.143. The summed E-state index contributed by atoms with van der Waals surface area (Å²) in [7, 11) is 0. The molecule has 0 aliphatic heterocycles. The van der Waals surface area contributed by atoms with Gasteiger partial charge in [-0.05, 0) is 43.7 Å². The molecule has 2 unspecified atom stereocenters. The zero-order valence-electron chi connectivity index (χ0n) is 18.0. The molecule has 4 rings (SSSR count). The predicted octanol–water partition coefficient (Wildman–Crippen LogP) is 3.88. The molecule has 0 saturated carbocycles. The number of furan rings is 1. The second-order valence-electron chi connectivity index (χ2n) is 8.49. The normalized spacial score (nSPS) is 15.6. The van der Waals surface area contributed by atoms with Gasteiger partial charge < -0.3 is 19.3 Å². The summed E-state index contributed by atoms with van der Waals surface area (Å²) in [4.78, 5) is 36.7. The Kier molecular flexibility index (Phi) is 5.60. The highest BCUT2D eigenvalue weighted by atomic mass is 16.4. The second kappa shape index (κ2) is 8.21. The molecule has 0 bridgehead atoms. The van der Waals surface area contributed by atoms with E-state index in [9.17, 15) is 19.5 Å². The summed E-state index contributed by atoms with van der Waals surface area (Å²) in [6, 6.07) is 2.74. The van der Waals surface area contributed by atoms with Crippen molar-refractivity contribution in [1.29, 1.82) is 0 Å². The van der Waals surface area contributed by atoms with Crippen molar-refractivity contribution in [3.63, 3.8) is 0 Å². The number of aryl methyl sites for hydroxylation is 3. The average Bonchev–Trinajstić information content (AvgIpc) is 3.10. The van der Waals surface area contributed by atoms with E-state index in [0.717, 1.165) is 42.2 Å². The third-order valence-electron chi connectivity index (χ3n) is 6.50. The summed E-state index contributed by atoms with van der Waals surface area (Å²) in [5.74, 6) is -0.821. The van der Waals surface area contributed by atoms with Crippen molar-refractivity contribution in [1.82, 2.24) is 5.32 Å². The number of rotatable bonds is 6. The first-order chi connectivity index (χ1) is 14.8. The Morgan fingerprint density at radius 2 is 1.84 bits per heavy atom. The molecule has 2 atom stereocenters. The number of fused-ring (bicyclic) bond motifs is 4. The van der Waals surface area contributed by atoms with E-state index in [1.165, 1.54) is 5.56 Å². The van der Waals surface area contributed by atoms with Gasteiger partial charge in [-0.2, -0.15) is 0 Å². The van der Waals surface area contributed by atoms with Crippen LogP contribution < -0.4 is 10.9 Å². The lowest BCUT2D eigenvalue weighted by Crippen LogP contribution is -2.45. The van der Waals surface area contributed by atoms with Crippen LogP contribution in [-0.4, -0.2) is 23.0 Å². The Morgan fingerprint density at radius 1 is 1.13 bits per heavy atom. The maximum atomic E-state index is 12.6. The quantitative estimate of drug-likeness (QED) is 0.580. The number of nitrogens with one attached hydrogen (secondary N) is 1. The third-order valence-corrected chi connectivity index (χ3v) is 6.50. The molecule has 31 heavy (non-hydrogen) atoms. The summed E-state index contributed by atoms with van der Waals surface area (Å²) < 4.78 is 11.5. The Labute approximate surface area is 179 Å². The van der Waals surface area contributed by atoms with E-state index < -0.39 is 23.5 Å². The minimum atomic E-state index is -1.09. The molecule has 1 aliphatic rings. The van der Waals surface area contributed by atoms with Gasteiger partial charge in [0.25, 0.3) is 0 Å². The topological polar surface area (TPSA) is 110 Å². The van der Waals surface area contributed by atoms with Gasteiger partial charge in [0.2, 0.25) is 5.91 Å². The smallest absolute Gasteiger partial charge is 0.340 e. The van der Waals surface area contributed by atoms with E-state index in [2.05, 4.69) is 5.32 Å². The zero-order chi connectivity index (χ0) is 22.3. The van der Waals surface area contributed by atoms with Crippen LogP contribution >= 0.6 is 0 Å². The van der Waals surface area contributed by atoms with Crippen molar-refractivity contribution in [3.8, 4) is 0 Å². The predicted molar refractivity (Wildman–Crippen MR) is 116 cm³/mol. The van der Waals surface area contributed by atoms with Crippen molar-refractivity contribution >= 4 is 33.8 Å². The molecule has 2 heterocycles. The number of carbonyl (C=O) groups excluding carboxylic acids is 1. The summed E-state index contributed by atoms with van der Waals surface area (Å²) in [6.45, 7) is 5.43. The van der Waals surface area contributed by atoms with Gasteiger partial charge in [0.1, 0.15) is 23.0 Å². The molecule has 1 aromatic carbocycles. The van der Waals surface area contributed by atoms with Crippen LogP contribution in [0.4, 0.5) is 0 Å². The number of hydrogen-bond donors (Lipinski definition) is 2. The summed E-state index contributed by atoms with van der Waals surface area (Å²) in [6.07, 6.45) is 4.48. The first-order valence-electron chi connectivity index (χ1n) is 10.8. The van der Waals surface area contributed by atoms with E-state index >= 15 is 0 Å². The molecule has 1 aliphatic carbocycles. The number of hydrogen-bond acceptors (Lipinski definition) is 5. The Morgan fingerprint density at radius 3 is 2.55 bits per heavy atom. The number of amides is 1. The summed E-state index contributed by atoms with van der Waals surface area (Å²) in [5, 5.41) is 13.8. The lowest BCUT2D eigenvalue weighted by atomic mass is 9.94. The van der Waals surface area contributed by atoms with Gasteiger partial charge in [-0.15, -0.1) is 0 Å². The maximum Gasteiger partial charge on any atom is 0.340 e. The van der Waals surface area contributed by atoms with Gasteiger partial charge in [-0.25, -0.2) is 9.59 Å². The van der Waals surface area contributed by atoms with Crippen LogP contribution in [0.3, 0.4) is 0 Å². The molecule has 0 fully saturated rings. The fourth-order valence-electron chi connectivity index (χ4n) is 4.42. The van der Waals surface area contributed by atoms with E-state index in [-0.39, 0.29) is 17.9 Å². The van der Waals surface area contributed by atoms with Crippen molar-refractivity contribution in [2.45, 2.75) is 65.3 Å². The van der Waals surface area contributed by atoms with Gasteiger partial charge in [0.05, 0.1) is 12.0 Å². The monoisotopic (exact) mass is 425 g/mol. The van der Waals surface area contributed by atoms with Crippen molar-refractivity contribution in [3.05, 3.63) is 45.0 Å². The molecule has 3 aromatic rings. The largest absolute Gasteiger partial charge is 0.480 e. The summed E-state index contributed by atoms with van der Waals surface area (Å²) >= 11 is 0. The van der Waals surface area contributed by atoms with Crippen molar-refractivity contribution < 1.29 is 23.5 Å². The fraction of sp³-hybridized carbons (Fsp3) is 0.458. The van der Waals surface area contributed by atoms with Crippen LogP contribution in [-0.2, 0) is 28.9 Å². The van der Waals surface area contributed by atoms with Gasteiger partial charge in [-0.1, -0.05) is 20.3 Å². The number of carboxylic acid groups (broad SMARTS) is 1. The molecule has 2 N–H and O–H groups in total. The van der Waals surface area contributed by atoms with Crippen molar-refractivity contribution in [2.75, 3.05) is 0 Å².